The number of hydrogen-bond acceptors (Lipinski definition) is 5. The van der Waals surface area contributed by atoms with Crippen molar-refractivity contribution in [2.45, 2.75) is 57.9 Å². The van der Waals surface area contributed by atoms with E-state index in [0.717, 1.165) is 43.8 Å². The molecular formula is C27H31FN4OS2. The first-order valence-electron chi connectivity index (χ1n) is 11.9. The molecule has 0 atom stereocenters. The number of thioether (sulfide) groups is 1. The van der Waals surface area contributed by atoms with Crippen LogP contribution in [0.5, 0.6) is 0 Å². The highest BCUT2D eigenvalue weighted by atomic mass is 32.2. The number of carbonyl (C=O) groups excluding carboxylic acids is 1. The molecule has 0 aliphatic heterocycles. The minimum Gasteiger partial charge on any atom is -0.286 e. The van der Waals surface area contributed by atoms with Crippen molar-refractivity contribution in [3.8, 4) is 0 Å². The van der Waals surface area contributed by atoms with Crippen LogP contribution in [-0.4, -0.2) is 33.0 Å². The average Bonchev–Trinajstić information content (AvgIpc) is 3.39. The largest absolute Gasteiger partial charge is 0.286 e. The van der Waals surface area contributed by atoms with Crippen LogP contribution in [0.3, 0.4) is 0 Å². The molecule has 0 bridgehead atoms. The first-order chi connectivity index (χ1) is 16.8. The van der Waals surface area contributed by atoms with Crippen molar-refractivity contribution in [1.29, 1.82) is 0 Å². The van der Waals surface area contributed by atoms with E-state index in [1.807, 2.05) is 29.5 Å². The standard InChI is InChI=1S/C27H31FN4OS2/c1-18(2)23-7-5-8-24-26(23)29-27(35-24)31(14-15-32-20(4)17-19(3)30-32)25(33)9-6-16-34-22-12-10-21(28)11-13-22/h5,7-8,10-13,17-18H,6,9,14-16H2,1-4H3. The van der Waals surface area contributed by atoms with Crippen LogP contribution >= 0.6 is 23.1 Å². The second-order valence-electron chi connectivity index (χ2n) is 8.95. The zero-order valence-corrected chi connectivity index (χ0v) is 22.3. The number of aryl methyl sites for hydroxylation is 2. The number of para-hydroxylation sites is 1. The number of hydrogen-bond donors (Lipinski definition) is 0. The lowest BCUT2D eigenvalue weighted by molar-refractivity contribution is -0.118. The third kappa shape index (κ3) is 6.30. The minimum absolute atomic E-state index is 0.0661. The SMILES string of the molecule is Cc1cc(C)n(CCN(C(=O)CCCSc2ccc(F)cc2)c2nc3c(C(C)C)cccc3s2)n1. The van der Waals surface area contributed by atoms with Crippen LogP contribution in [0.25, 0.3) is 10.2 Å². The first-order valence-corrected chi connectivity index (χ1v) is 13.7. The van der Waals surface area contributed by atoms with Crippen molar-refractivity contribution in [3.63, 3.8) is 0 Å². The molecule has 2 aromatic heterocycles. The fourth-order valence-electron chi connectivity index (χ4n) is 4.04. The summed E-state index contributed by atoms with van der Waals surface area (Å²) in [4.78, 5) is 21.2. The Bertz CT molecular complexity index is 1300. The smallest absolute Gasteiger partial charge is 0.228 e. The van der Waals surface area contributed by atoms with Crippen LogP contribution < -0.4 is 4.90 Å². The van der Waals surface area contributed by atoms with Crippen LogP contribution in [0.15, 0.2) is 53.4 Å². The second kappa shape index (κ2) is 11.4. The Morgan fingerprint density at radius 1 is 1.17 bits per heavy atom. The van der Waals surface area contributed by atoms with Crippen molar-refractivity contribution in [2.75, 3.05) is 17.2 Å². The lowest BCUT2D eigenvalue weighted by Gasteiger charge is -2.20. The molecule has 4 rings (SSSR count). The van der Waals surface area contributed by atoms with Gasteiger partial charge in [0, 0.05) is 23.6 Å². The van der Waals surface area contributed by atoms with E-state index >= 15 is 0 Å². The highest BCUT2D eigenvalue weighted by Crippen LogP contribution is 2.34. The van der Waals surface area contributed by atoms with E-state index in [1.165, 1.54) is 17.7 Å². The fraction of sp³-hybridized carbons (Fsp3) is 0.370. The van der Waals surface area contributed by atoms with Crippen LogP contribution in [0.4, 0.5) is 9.52 Å². The van der Waals surface area contributed by atoms with Gasteiger partial charge in [0.2, 0.25) is 5.91 Å². The zero-order valence-electron chi connectivity index (χ0n) is 20.6. The minimum atomic E-state index is -0.237. The Labute approximate surface area is 214 Å². The number of thiazole rings is 1. The Balaban J connectivity index is 1.50. The molecule has 0 aliphatic rings. The van der Waals surface area contributed by atoms with E-state index in [1.54, 1.807) is 35.2 Å². The molecule has 8 heteroatoms. The maximum atomic E-state index is 13.4. The van der Waals surface area contributed by atoms with Gasteiger partial charge in [-0.15, -0.1) is 11.8 Å². The zero-order chi connectivity index (χ0) is 24.9. The van der Waals surface area contributed by atoms with Gasteiger partial charge in [-0.3, -0.25) is 14.4 Å². The number of fused-ring (bicyclic) bond motifs is 1. The third-order valence-corrected chi connectivity index (χ3v) is 7.99. The molecule has 0 fully saturated rings. The predicted molar refractivity (Wildman–Crippen MR) is 144 cm³/mol. The normalized spacial score (nSPS) is 11.5. The van der Waals surface area contributed by atoms with Crippen LogP contribution in [-0.2, 0) is 11.3 Å². The summed E-state index contributed by atoms with van der Waals surface area (Å²) in [6.07, 6.45) is 1.16. The highest BCUT2D eigenvalue weighted by molar-refractivity contribution is 7.99. The summed E-state index contributed by atoms with van der Waals surface area (Å²) in [6.45, 7) is 9.47. The van der Waals surface area contributed by atoms with E-state index in [4.69, 9.17) is 4.98 Å². The Kier molecular flexibility index (Phi) is 8.23. The number of anilines is 1. The van der Waals surface area contributed by atoms with Crippen LogP contribution in [0.2, 0.25) is 0 Å². The van der Waals surface area contributed by atoms with E-state index in [-0.39, 0.29) is 11.7 Å². The average molecular weight is 511 g/mol. The molecular weight excluding hydrogens is 479 g/mol. The Morgan fingerprint density at radius 3 is 2.63 bits per heavy atom. The van der Waals surface area contributed by atoms with Crippen molar-refractivity contribution in [1.82, 2.24) is 14.8 Å². The number of rotatable bonds is 10. The summed E-state index contributed by atoms with van der Waals surface area (Å²) < 4.78 is 16.2. The quantitative estimate of drug-likeness (QED) is 0.171. The van der Waals surface area contributed by atoms with Crippen molar-refractivity contribution < 1.29 is 9.18 Å². The summed E-state index contributed by atoms with van der Waals surface area (Å²) >= 11 is 3.21. The van der Waals surface area contributed by atoms with Crippen LogP contribution in [0.1, 0.15) is 49.6 Å². The van der Waals surface area contributed by atoms with E-state index in [2.05, 4.69) is 37.1 Å². The molecule has 0 spiro atoms. The molecule has 0 unspecified atom stereocenters. The van der Waals surface area contributed by atoms with Crippen LogP contribution in [0, 0.1) is 19.7 Å². The number of nitrogens with zero attached hydrogens (tertiary/aromatic N) is 4. The molecule has 0 saturated heterocycles. The molecule has 4 aromatic rings. The first kappa shape index (κ1) is 25.4. The molecule has 5 nitrogen and oxygen atoms in total. The number of benzene rings is 2. The van der Waals surface area contributed by atoms with Crippen molar-refractivity contribution in [2.24, 2.45) is 0 Å². The van der Waals surface area contributed by atoms with Gasteiger partial charge in [0.15, 0.2) is 5.13 Å². The van der Waals surface area contributed by atoms with Gasteiger partial charge in [-0.1, -0.05) is 37.3 Å². The monoisotopic (exact) mass is 510 g/mol. The van der Waals surface area contributed by atoms with Crippen molar-refractivity contribution in [3.05, 3.63) is 71.3 Å². The van der Waals surface area contributed by atoms with Gasteiger partial charge < -0.3 is 0 Å². The number of aromatic nitrogens is 3. The van der Waals surface area contributed by atoms with E-state index < -0.39 is 0 Å². The van der Waals surface area contributed by atoms with E-state index in [9.17, 15) is 9.18 Å². The second-order valence-corrected chi connectivity index (χ2v) is 11.1. The molecule has 0 aliphatic carbocycles. The number of halogens is 1. The third-order valence-electron chi connectivity index (χ3n) is 5.85. The molecule has 1 amide bonds. The molecule has 184 valence electrons. The van der Waals surface area contributed by atoms with Gasteiger partial charge in [0.05, 0.1) is 22.5 Å². The molecule has 0 N–H and O–H groups in total. The maximum absolute atomic E-state index is 13.4. The summed E-state index contributed by atoms with van der Waals surface area (Å²) in [6, 6.07) is 14.8. The summed E-state index contributed by atoms with van der Waals surface area (Å²) in [5, 5.41) is 5.30. The molecule has 2 heterocycles. The van der Waals surface area contributed by atoms with Gasteiger partial charge in [0.1, 0.15) is 5.82 Å². The number of carbonyl (C=O) groups is 1. The topological polar surface area (TPSA) is 51.0 Å². The maximum Gasteiger partial charge on any atom is 0.228 e. The van der Waals surface area contributed by atoms with Gasteiger partial charge in [-0.05, 0) is 73.9 Å². The predicted octanol–water partition coefficient (Wildman–Crippen LogP) is 6.98. The molecule has 2 aromatic carbocycles. The Morgan fingerprint density at radius 2 is 1.94 bits per heavy atom. The number of amides is 1. The lowest BCUT2D eigenvalue weighted by Crippen LogP contribution is -2.34. The lowest BCUT2D eigenvalue weighted by atomic mass is 10.0. The summed E-state index contributed by atoms with van der Waals surface area (Å²) in [5.74, 6) is 0.978. The van der Waals surface area contributed by atoms with Gasteiger partial charge in [-0.25, -0.2) is 9.37 Å². The van der Waals surface area contributed by atoms with Gasteiger partial charge >= 0.3 is 0 Å². The Hall–Kier alpha value is -2.71. The molecule has 0 saturated carbocycles. The van der Waals surface area contributed by atoms with E-state index in [0.29, 0.717) is 25.4 Å². The fourth-order valence-corrected chi connectivity index (χ4v) is 5.94. The van der Waals surface area contributed by atoms with Crippen molar-refractivity contribution >= 4 is 44.4 Å². The van der Waals surface area contributed by atoms with Gasteiger partial charge in [-0.2, -0.15) is 5.10 Å². The van der Waals surface area contributed by atoms with Gasteiger partial charge in [0.25, 0.3) is 0 Å². The molecule has 0 radical (unpaired) electrons. The summed E-state index contributed by atoms with van der Waals surface area (Å²) in [5.41, 5.74) is 4.24. The summed E-state index contributed by atoms with van der Waals surface area (Å²) in [7, 11) is 0. The highest BCUT2D eigenvalue weighted by Gasteiger charge is 2.21. The molecule has 35 heavy (non-hydrogen) atoms.